The van der Waals surface area contributed by atoms with Crippen LogP contribution in [0.5, 0.6) is 0 Å². The highest BCUT2D eigenvalue weighted by molar-refractivity contribution is 7.90. The van der Waals surface area contributed by atoms with Crippen LogP contribution in [0, 0.1) is 5.92 Å². The Balaban J connectivity index is 0.000000604. The van der Waals surface area contributed by atoms with E-state index in [1.54, 1.807) is 0 Å². The molecule has 2 aliphatic rings. The largest absolute Gasteiger partial charge is 0.490 e. The van der Waals surface area contributed by atoms with E-state index in [0.29, 0.717) is 11.7 Å². The van der Waals surface area contributed by atoms with Crippen molar-refractivity contribution >= 4 is 33.7 Å². The highest BCUT2D eigenvalue weighted by atomic mass is 32.2. The molecule has 3 N–H and O–H groups in total. The lowest BCUT2D eigenvalue weighted by Crippen LogP contribution is -2.37. The standard InChI is InChI=1S/C20H33N5O4S.C2HF3O2/c1-23(2)30(28,29)22-17-14-18(20(26)27)19(21-15-17)25-12-7-16(8-13-25)6-11-24-9-4-3-5-10-24;3-2(4,5)1(6)7/h14-16,22H,3-13H2,1-2H3,(H,26,27);(H,6,7). The smallest absolute Gasteiger partial charge is 0.478 e. The van der Waals surface area contributed by atoms with E-state index in [2.05, 4.69) is 14.6 Å². The molecular weight excluding hydrogens is 519 g/mol. The van der Waals surface area contributed by atoms with Crippen LogP contribution in [-0.2, 0) is 15.0 Å². The van der Waals surface area contributed by atoms with Gasteiger partial charge in [0.2, 0.25) is 0 Å². The van der Waals surface area contributed by atoms with Gasteiger partial charge in [0, 0.05) is 27.2 Å². The molecule has 3 heterocycles. The van der Waals surface area contributed by atoms with Gasteiger partial charge in [0.25, 0.3) is 0 Å². The SMILES string of the molecule is CN(C)S(=O)(=O)Nc1cnc(N2CCC(CCN3CCCCC3)CC2)c(C(=O)O)c1.O=C(O)C(F)(F)F. The van der Waals surface area contributed by atoms with Crippen LogP contribution in [0.3, 0.4) is 0 Å². The molecule has 0 spiro atoms. The van der Waals surface area contributed by atoms with Gasteiger partial charge in [-0.25, -0.2) is 14.6 Å². The Bertz CT molecular complexity index is 1020. The molecule has 0 amide bonds. The van der Waals surface area contributed by atoms with E-state index >= 15 is 0 Å². The van der Waals surface area contributed by atoms with Crippen molar-refractivity contribution in [2.75, 3.05) is 56.4 Å². The van der Waals surface area contributed by atoms with Gasteiger partial charge in [-0.2, -0.15) is 25.9 Å². The number of halogens is 3. The topological polar surface area (TPSA) is 143 Å². The number of aromatic carboxylic acids is 1. The monoisotopic (exact) mass is 553 g/mol. The van der Waals surface area contributed by atoms with Crippen LogP contribution >= 0.6 is 0 Å². The Kier molecular flexibility index (Phi) is 10.9. The highest BCUT2D eigenvalue weighted by Crippen LogP contribution is 2.28. The molecule has 210 valence electrons. The van der Waals surface area contributed by atoms with Crippen LogP contribution in [0.25, 0.3) is 0 Å². The van der Waals surface area contributed by atoms with Gasteiger partial charge in [-0.05, 0) is 63.7 Å². The van der Waals surface area contributed by atoms with Crippen molar-refractivity contribution in [2.24, 2.45) is 5.92 Å². The lowest BCUT2D eigenvalue weighted by molar-refractivity contribution is -0.192. The third-order valence-electron chi connectivity index (χ3n) is 6.28. The molecule has 37 heavy (non-hydrogen) atoms. The number of carbonyl (C=O) groups is 2. The molecule has 2 saturated heterocycles. The molecule has 0 unspecified atom stereocenters. The van der Waals surface area contributed by atoms with Gasteiger partial charge in [-0.15, -0.1) is 0 Å². The van der Waals surface area contributed by atoms with E-state index < -0.39 is 28.3 Å². The molecule has 1 aromatic heterocycles. The minimum atomic E-state index is -5.08. The summed E-state index contributed by atoms with van der Waals surface area (Å²) in [6, 6.07) is 1.34. The summed E-state index contributed by atoms with van der Waals surface area (Å²) in [6.45, 7) is 5.12. The Morgan fingerprint density at radius 2 is 1.68 bits per heavy atom. The van der Waals surface area contributed by atoms with Crippen LogP contribution in [0.15, 0.2) is 12.3 Å². The third-order valence-corrected chi connectivity index (χ3v) is 7.74. The molecule has 2 aliphatic heterocycles. The summed E-state index contributed by atoms with van der Waals surface area (Å²) in [6.07, 6.45) is 3.49. The number of aromatic nitrogens is 1. The Morgan fingerprint density at radius 1 is 1.11 bits per heavy atom. The third kappa shape index (κ3) is 9.63. The van der Waals surface area contributed by atoms with Gasteiger partial charge in [0.15, 0.2) is 0 Å². The molecule has 2 fully saturated rings. The van der Waals surface area contributed by atoms with E-state index in [1.807, 2.05) is 4.90 Å². The number of pyridine rings is 1. The van der Waals surface area contributed by atoms with Crippen molar-refractivity contribution < 1.29 is 41.4 Å². The van der Waals surface area contributed by atoms with Crippen molar-refractivity contribution in [3.63, 3.8) is 0 Å². The second kappa shape index (κ2) is 13.2. The molecule has 0 radical (unpaired) electrons. The van der Waals surface area contributed by atoms with Gasteiger partial charge in [-0.3, -0.25) is 4.72 Å². The van der Waals surface area contributed by atoms with Gasteiger partial charge in [-0.1, -0.05) is 6.42 Å². The van der Waals surface area contributed by atoms with Crippen molar-refractivity contribution in [3.8, 4) is 0 Å². The zero-order valence-corrected chi connectivity index (χ0v) is 21.7. The zero-order chi connectivity index (χ0) is 27.8. The van der Waals surface area contributed by atoms with Crippen molar-refractivity contribution in [3.05, 3.63) is 17.8 Å². The Hall–Kier alpha value is -2.65. The van der Waals surface area contributed by atoms with E-state index in [4.69, 9.17) is 9.90 Å². The van der Waals surface area contributed by atoms with E-state index in [9.17, 15) is 31.5 Å². The Labute approximate surface area is 214 Å². The molecular formula is C22H34F3N5O6S. The fourth-order valence-electron chi connectivity index (χ4n) is 4.14. The van der Waals surface area contributed by atoms with Gasteiger partial charge < -0.3 is 20.0 Å². The van der Waals surface area contributed by atoms with Gasteiger partial charge in [0.05, 0.1) is 11.9 Å². The van der Waals surface area contributed by atoms with E-state index in [0.717, 1.165) is 36.8 Å². The fourth-order valence-corrected chi connectivity index (χ4v) is 4.74. The number of carboxylic acids is 2. The van der Waals surface area contributed by atoms with E-state index in [-0.39, 0.29) is 11.3 Å². The first kappa shape index (κ1) is 30.6. The second-order valence-electron chi connectivity index (χ2n) is 9.21. The maximum Gasteiger partial charge on any atom is 0.490 e. The number of hydrogen-bond acceptors (Lipinski definition) is 7. The quantitative estimate of drug-likeness (QED) is 0.443. The minimum absolute atomic E-state index is 0.0146. The van der Waals surface area contributed by atoms with Crippen molar-refractivity contribution in [1.29, 1.82) is 0 Å². The number of piperidine rings is 2. The van der Waals surface area contributed by atoms with Crippen LogP contribution in [-0.4, -0.2) is 97.8 Å². The summed E-state index contributed by atoms with van der Waals surface area (Å²) >= 11 is 0. The molecule has 11 nitrogen and oxygen atoms in total. The number of hydrogen-bond donors (Lipinski definition) is 3. The molecule has 15 heteroatoms. The minimum Gasteiger partial charge on any atom is -0.478 e. The van der Waals surface area contributed by atoms with Crippen LogP contribution < -0.4 is 9.62 Å². The predicted molar refractivity (Wildman–Crippen MR) is 131 cm³/mol. The number of alkyl halides is 3. The molecule has 0 bridgehead atoms. The maximum absolute atomic E-state index is 12.0. The van der Waals surface area contributed by atoms with Crippen molar-refractivity contribution in [2.45, 2.75) is 44.7 Å². The molecule has 0 saturated carbocycles. The van der Waals surface area contributed by atoms with Gasteiger partial charge in [0.1, 0.15) is 11.4 Å². The molecule has 0 aliphatic carbocycles. The Morgan fingerprint density at radius 3 is 2.16 bits per heavy atom. The molecule has 0 aromatic carbocycles. The zero-order valence-electron chi connectivity index (χ0n) is 20.9. The number of rotatable bonds is 8. The van der Waals surface area contributed by atoms with Crippen LogP contribution in [0.2, 0.25) is 0 Å². The lowest BCUT2D eigenvalue weighted by Gasteiger charge is -2.35. The number of nitrogens with one attached hydrogen (secondary N) is 1. The first-order valence-corrected chi connectivity index (χ1v) is 13.4. The van der Waals surface area contributed by atoms with Crippen LogP contribution in [0.4, 0.5) is 24.7 Å². The van der Waals surface area contributed by atoms with Crippen LogP contribution in [0.1, 0.15) is 48.9 Å². The number of likely N-dealkylation sites (tertiary alicyclic amines) is 1. The maximum atomic E-state index is 12.0. The van der Waals surface area contributed by atoms with Crippen molar-refractivity contribution in [1.82, 2.24) is 14.2 Å². The molecule has 3 rings (SSSR count). The summed E-state index contributed by atoms with van der Waals surface area (Å²) in [5.41, 5.74) is 0.155. The average Bonchev–Trinajstić information content (AvgIpc) is 2.83. The molecule has 1 aromatic rings. The number of carboxylic acid groups (broad SMARTS) is 2. The second-order valence-corrected chi connectivity index (χ2v) is 11.1. The summed E-state index contributed by atoms with van der Waals surface area (Å²) in [5, 5.41) is 16.8. The summed E-state index contributed by atoms with van der Waals surface area (Å²) in [5.74, 6) is -2.81. The molecule has 0 atom stereocenters. The summed E-state index contributed by atoms with van der Waals surface area (Å²) in [7, 11) is -0.921. The number of nitrogens with zero attached hydrogens (tertiary/aromatic N) is 4. The van der Waals surface area contributed by atoms with E-state index in [1.165, 1.54) is 65.1 Å². The summed E-state index contributed by atoms with van der Waals surface area (Å²) < 4.78 is 59.1. The summed E-state index contributed by atoms with van der Waals surface area (Å²) in [4.78, 5) is 29.6. The number of anilines is 2. The normalized spacial score (nSPS) is 17.7. The number of aliphatic carboxylic acids is 1. The fraction of sp³-hybridized carbons (Fsp3) is 0.682. The van der Waals surface area contributed by atoms with Gasteiger partial charge >= 0.3 is 28.3 Å². The first-order chi connectivity index (χ1) is 17.2. The average molecular weight is 554 g/mol. The highest BCUT2D eigenvalue weighted by Gasteiger charge is 2.38. The lowest BCUT2D eigenvalue weighted by atomic mass is 9.93. The first-order valence-electron chi connectivity index (χ1n) is 11.9. The predicted octanol–water partition coefficient (Wildman–Crippen LogP) is 2.72.